The summed E-state index contributed by atoms with van der Waals surface area (Å²) in [4.78, 5) is 2.76. The second kappa shape index (κ2) is 13.7. The van der Waals surface area contributed by atoms with Crippen LogP contribution in [0.1, 0.15) is 98.6 Å². The highest BCUT2D eigenvalue weighted by molar-refractivity contribution is 7.94. The lowest BCUT2D eigenvalue weighted by molar-refractivity contribution is -0.777. The molecule has 0 bridgehead atoms. The number of unbranched alkanes of at least 4 members (excludes halogenated alkanes) is 3. The van der Waals surface area contributed by atoms with E-state index in [0.29, 0.717) is 12.0 Å². The molecule has 0 saturated carbocycles. The molecular formula is C35H47N2O6S2-. The quantitative estimate of drug-likeness (QED) is 0.0547. The molecule has 0 aliphatic carbocycles. The van der Waals surface area contributed by atoms with E-state index in [1.165, 1.54) is 37.1 Å². The predicted octanol–water partition coefficient (Wildman–Crippen LogP) is 7.45. The van der Waals surface area contributed by atoms with E-state index in [0.717, 1.165) is 64.5 Å². The van der Waals surface area contributed by atoms with Crippen molar-refractivity contribution in [2.45, 2.75) is 108 Å². The summed E-state index contributed by atoms with van der Waals surface area (Å²) in [5.74, 6) is 0. The SMILES string of the molecule is CCN1/C(=C/C=C/C2=[N+](CCCCCCC(C)(C)C)c3ccc(SOO[O-])cc3C2(C)C)C(C)(C)c2cc(S(=O)(=O)[O-])ccc21. The van der Waals surface area contributed by atoms with Crippen LogP contribution in [0.15, 0.2) is 70.1 Å². The highest BCUT2D eigenvalue weighted by Gasteiger charge is 2.44. The summed E-state index contributed by atoms with van der Waals surface area (Å²) in [5, 5.41) is 14.0. The van der Waals surface area contributed by atoms with E-state index >= 15 is 0 Å². The van der Waals surface area contributed by atoms with Crippen LogP contribution in [0.2, 0.25) is 0 Å². The highest BCUT2D eigenvalue weighted by atomic mass is 32.2. The van der Waals surface area contributed by atoms with Crippen LogP contribution in [-0.4, -0.2) is 36.3 Å². The van der Waals surface area contributed by atoms with Gasteiger partial charge in [0.2, 0.25) is 5.69 Å². The number of benzene rings is 2. The molecular weight excluding hydrogens is 609 g/mol. The normalized spacial score (nSPS) is 18.4. The molecule has 0 spiro atoms. The Kier molecular flexibility index (Phi) is 10.8. The fraction of sp³-hybridized carbons (Fsp3) is 0.514. The topological polar surface area (TPSA) is 105 Å². The van der Waals surface area contributed by atoms with Crippen LogP contribution in [0.25, 0.3) is 0 Å². The van der Waals surface area contributed by atoms with Crippen LogP contribution in [0, 0.1) is 5.41 Å². The van der Waals surface area contributed by atoms with Crippen LogP contribution in [0.3, 0.4) is 0 Å². The summed E-state index contributed by atoms with van der Waals surface area (Å²) in [6.07, 6.45) is 12.2. The van der Waals surface area contributed by atoms with Gasteiger partial charge < -0.3 is 14.7 Å². The summed E-state index contributed by atoms with van der Waals surface area (Å²) >= 11 is 0.899. The third kappa shape index (κ3) is 7.75. The van der Waals surface area contributed by atoms with Crippen molar-refractivity contribution in [2.24, 2.45) is 5.41 Å². The minimum Gasteiger partial charge on any atom is -0.744 e. The summed E-state index contributed by atoms with van der Waals surface area (Å²) in [7, 11) is -4.56. The lowest BCUT2D eigenvalue weighted by Crippen LogP contribution is -2.28. The number of allylic oxidation sites excluding steroid dienone is 4. The van der Waals surface area contributed by atoms with Crippen molar-refractivity contribution in [3.8, 4) is 0 Å². The summed E-state index contributed by atoms with van der Waals surface area (Å²) in [6, 6.07) is 10.8. The molecule has 2 heterocycles. The Hall–Kier alpha value is -2.47. The molecule has 0 atom stereocenters. The van der Waals surface area contributed by atoms with Crippen LogP contribution in [-0.2, 0) is 30.3 Å². The average molecular weight is 656 g/mol. The molecule has 2 aliphatic rings. The van der Waals surface area contributed by atoms with Gasteiger partial charge >= 0.3 is 0 Å². The lowest BCUT2D eigenvalue weighted by atomic mass is 9.81. The second-order valence-electron chi connectivity index (χ2n) is 14.2. The van der Waals surface area contributed by atoms with Crippen molar-refractivity contribution in [1.29, 1.82) is 0 Å². The maximum Gasteiger partial charge on any atom is 0.209 e. The Balaban J connectivity index is 1.67. The maximum absolute atomic E-state index is 11.8. The number of nitrogens with zero attached hydrogens (tertiary/aromatic N) is 2. The zero-order valence-corrected chi connectivity index (χ0v) is 29.4. The Bertz CT molecular complexity index is 1600. The molecule has 0 N–H and O–H groups in total. The van der Waals surface area contributed by atoms with Crippen molar-refractivity contribution in [1.82, 2.24) is 0 Å². The number of anilines is 1. The van der Waals surface area contributed by atoms with Crippen molar-refractivity contribution >= 4 is 39.2 Å². The molecule has 45 heavy (non-hydrogen) atoms. The van der Waals surface area contributed by atoms with Gasteiger partial charge in [-0.05, 0) is 81.0 Å². The van der Waals surface area contributed by atoms with E-state index in [-0.39, 0.29) is 10.3 Å². The van der Waals surface area contributed by atoms with E-state index in [1.54, 1.807) is 6.07 Å². The summed E-state index contributed by atoms with van der Waals surface area (Å²) < 4.78 is 42.4. The van der Waals surface area contributed by atoms with E-state index in [2.05, 4.69) is 105 Å². The minimum absolute atomic E-state index is 0.206. The summed E-state index contributed by atoms with van der Waals surface area (Å²) in [6.45, 7) is 19.1. The number of likely N-dealkylation sites (N-methyl/N-ethyl adjacent to an activating group) is 1. The van der Waals surface area contributed by atoms with Gasteiger partial charge in [-0.3, -0.25) is 5.04 Å². The number of hydrogen-bond acceptors (Lipinski definition) is 8. The van der Waals surface area contributed by atoms with Crippen molar-refractivity contribution in [2.75, 3.05) is 18.0 Å². The van der Waals surface area contributed by atoms with Crippen LogP contribution in [0.4, 0.5) is 11.4 Å². The number of rotatable bonds is 13. The molecule has 0 saturated heterocycles. The largest absolute Gasteiger partial charge is 0.744 e. The van der Waals surface area contributed by atoms with E-state index in [9.17, 15) is 18.2 Å². The van der Waals surface area contributed by atoms with Crippen molar-refractivity contribution < 1.29 is 32.2 Å². The van der Waals surface area contributed by atoms with E-state index in [1.807, 2.05) is 6.07 Å². The zero-order valence-electron chi connectivity index (χ0n) is 27.8. The van der Waals surface area contributed by atoms with Crippen molar-refractivity contribution in [3.63, 3.8) is 0 Å². The molecule has 8 nitrogen and oxygen atoms in total. The molecule has 0 radical (unpaired) electrons. The van der Waals surface area contributed by atoms with Crippen LogP contribution >= 0.6 is 12.0 Å². The number of hydrogen-bond donors (Lipinski definition) is 0. The van der Waals surface area contributed by atoms with E-state index < -0.39 is 15.5 Å². The van der Waals surface area contributed by atoms with Gasteiger partial charge in [-0.15, -0.1) is 0 Å². The highest BCUT2D eigenvalue weighted by Crippen LogP contribution is 2.48. The Labute approximate surface area is 273 Å². The third-order valence-corrected chi connectivity index (χ3v) is 10.5. The van der Waals surface area contributed by atoms with Crippen LogP contribution < -0.4 is 10.2 Å². The fourth-order valence-corrected chi connectivity index (χ4v) is 7.55. The van der Waals surface area contributed by atoms with E-state index in [4.69, 9.17) is 0 Å². The first-order valence-corrected chi connectivity index (χ1v) is 17.9. The summed E-state index contributed by atoms with van der Waals surface area (Å²) in [5.41, 5.74) is 5.77. The first-order valence-electron chi connectivity index (χ1n) is 15.7. The Morgan fingerprint density at radius 2 is 1.69 bits per heavy atom. The maximum atomic E-state index is 11.8. The molecule has 2 aliphatic heterocycles. The average Bonchev–Trinajstić information content (AvgIpc) is 3.30. The molecule has 2 aromatic rings. The number of fused-ring (bicyclic) bond motifs is 2. The predicted molar refractivity (Wildman–Crippen MR) is 178 cm³/mol. The van der Waals surface area contributed by atoms with Gasteiger partial charge in [0, 0.05) is 52.4 Å². The molecule has 0 amide bonds. The molecule has 0 fully saturated rings. The molecule has 4 rings (SSSR count). The lowest BCUT2D eigenvalue weighted by Gasteiger charge is -2.25. The van der Waals surface area contributed by atoms with Gasteiger partial charge in [0.1, 0.15) is 16.7 Å². The van der Waals surface area contributed by atoms with Gasteiger partial charge in [-0.2, -0.15) is 8.91 Å². The van der Waals surface area contributed by atoms with Crippen LogP contribution in [0.5, 0.6) is 0 Å². The van der Waals surface area contributed by atoms with Gasteiger partial charge in [-0.1, -0.05) is 53.5 Å². The molecule has 2 aromatic carbocycles. The fourth-order valence-electron chi connectivity index (χ4n) is 6.66. The van der Waals surface area contributed by atoms with Gasteiger partial charge in [0.15, 0.2) is 5.71 Å². The van der Waals surface area contributed by atoms with Crippen molar-refractivity contribution in [3.05, 3.63) is 71.5 Å². The Morgan fingerprint density at radius 1 is 0.978 bits per heavy atom. The smallest absolute Gasteiger partial charge is 0.209 e. The van der Waals surface area contributed by atoms with Gasteiger partial charge in [0.25, 0.3) is 0 Å². The third-order valence-electron chi connectivity index (χ3n) is 9.06. The first kappa shape index (κ1) is 35.4. The Morgan fingerprint density at radius 3 is 2.33 bits per heavy atom. The molecule has 10 heteroatoms. The zero-order chi connectivity index (χ0) is 33.2. The first-order chi connectivity index (χ1) is 21.0. The van der Waals surface area contributed by atoms with Gasteiger partial charge in [-0.25, -0.2) is 8.42 Å². The molecule has 0 unspecified atom stereocenters. The minimum atomic E-state index is -4.56. The molecule has 246 valence electrons. The molecule has 0 aromatic heterocycles. The van der Waals surface area contributed by atoms with Gasteiger partial charge in [0.05, 0.1) is 22.4 Å². The second-order valence-corrected chi connectivity index (χ2v) is 16.4. The monoisotopic (exact) mass is 655 g/mol. The standard InChI is InChI=1S/C35H48N2O6S2/c1-9-36-29-20-18-26(45(39,40)41)24-28(29)35(7,8)31(36)15-14-16-32-34(5,6)27-23-25(44-43-42-38)17-19-30(27)37(32)22-13-11-10-12-21-33(2,3)4/h14-20,23-24H,9-13,21-22H2,1-8H3,(H-,38,39,40,41)/p-1.